The van der Waals surface area contributed by atoms with Crippen LogP contribution in [0.25, 0.3) is 0 Å². The van der Waals surface area contributed by atoms with Gasteiger partial charge in [0.15, 0.2) is 0 Å². The molecule has 0 aromatic carbocycles. The molecule has 6 nitrogen and oxygen atoms in total. The molecular formula is C16H28O6. The van der Waals surface area contributed by atoms with Crippen LogP contribution in [-0.2, 0) is 14.3 Å². The van der Waals surface area contributed by atoms with Gasteiger partial charge >= 0.3 is 11.9 Å². The van der Waals surface area contributed by atoms with E-state index in [4.69, 9.17) is 4.74 Å². The quantitative estimate of drug-likeness (QED) is 0.614. The number of carbonyl (C=O) groups is 2. The van der Waals surface area contributed by atoms with Crippen molar-refractivity contribution in [2.24, 2.45) is 22.7 Å². The molecule has 0 radical (unpaired) electrons. The fourth-order valence-electron chi connectivity index (χ4n) is 2.97. The number of carbonyl (C=O) groups excluding carboxylic acids is 1. The third kappa shape index (κ3) is 3.79. The minimum Gasteiger partial charge on any atom is -0.481 e. The van der Waals surface area contributed by atoms with Crippen LogP contribution in [-0.4, -0.2) is 47.1 Å². The Labute approximate surface area is 131 Å². The van der Waals surface area contributed by atoms with Gasteiger partial charge in [0.2, 0.25) is 0 Å². The predicted octanol–water partition coefficient (Wildman–Crippen LogP) is 1.44. The molecule has 1 rings (SSSR count). The molecular weight excluding hydrogens is 288 g/mol. The van der Waals surface area contributed by atoms with E-state index in [1.54, 1.807) is 13.8 Å². The molecule has 1 saturated carbocycles. The Bertz CT molecular complexity index is 395. The molecule has 22 heavy (non-hydrogen) atoms. The summed E-state index contributed by atoms with van der Waals surface area (Å²) in [6, 6.07) is 0. The van der Waals surface area contributed by atoms with Crippen molar-refractivity contribution in [3.05, 3.63) is 0 Å². The Kier molecular flexibility index (Phi) is 6.38. The molecule has 128 valence electrons. The van der Waals surface area contributed by atoms with Crippen LogP contribution in [0.3, 0.4) is 0 Å². The van der Waals surface area contributed by atoms with Crippen LogP contribution in [0.1, 0.15) is 46.5 Å². The normalized spacial score (nSPS) is 29.1. The Morgan fingerprint density at radius 3 is 2.36 bits per heavy atom. The van der Waals surface area contributed by atoms with E-state index in [1.165, 1.54) is 0 Å². The molecule has 0 aromatic heterocycles. The van der Waals surface area contributed by atoms with Crippen molar-refractivity contribution in [1.82, 2.24) is 0 Å². The maximum Gasteiger partial charge on any atom is 0.312 e. The van der Waals surface area contributed by atoms with Gasteiger partial charge in [-0.15, -0.1) is 0 Å². The highest BCUT2D eigenvalue weighted by Gasteiger charge is 2.50. The van der Waals surface area contributed by atoms with Crippen LogP contribution in [0.5, 0.6) is 0 Å². The fourth-order valence-corrected chi connectivity index (χ4v) is 2.97. The number of carboxylic acids is 1. The standard InChI is InChI=1S/C16H28O6/c1-4-16(8-17,9-18)10-22-14(21)15(3)6-5-11(2)7-12(15)13(19)20/h11-12,17-18H,4-10H2,1-3H3,(H,19,20). The average molecular weight is 316 g/mol. The minimum absolute atomic E-state index is 0.104. The van der Waals surface area contributed by atoms with Gasteiger partial charge in [0, 0.05) is 0 Å². The molecule has 0 heterocycles. The average Bonchev–Trinajstić information content (AvgIpc) is 2.51. The molecule has 1 aliphatic carbocycles. The van der Waals surface area contributed by atoms with E-state index in [-0.39, 0.29) is 25.7 Å². The molecule has 0 bridgehead atoms. The van der Waals surface area contributed by atoms with E-state index >= 15 is 0 Å². The second-order valence-electron chi connectivity index (χ2n) is 6.93. The van der Waals surface area contributed by atoms with Crippen molar-refractivity contribution < 1.29 is 29.6 Å². The molecule has 3 unspecified atom stereocenters. The van der Waals surface area contributed by atoms with Crippen LogP contribution in [0, 0.1) is 22.7 Å². The van der Waals surface area contributed by atoms with Crippen molar-refractivity contribution in [2.75, 3.05) is 19.8 Å². The summed E-state index contributed by atoms with van der Waals surface area (Å²) in [4.78, 5) is 24.0. The Morgan fingerprint density at radius 2 is 1.91 bits per heavy atom. The van der Waals surface area contributed by atoms with Crippen LogP contribution < -0.4 is 0 Å². The van der Waals surface area contributed by atoms with E-state index in [0.29, 0.717) is 19.3 Å². The molecule has 3 atom stereocenters. The highest BCUT2D eigenvalue weighted by Crippen LogP contribution is 2.44. The number of ether oxygens (including phenoxy) is 1. The summed E-state index contributed by atoms with van der Waals surface area (Å²) < 4.78 is 5.32. The van der Waals surface area contributed by atoms with E-state index in [2.05, 4.69) is 0 Å². The number of hydrogen-bond donors (Lipinski definition) is 3. The molecule has 0 aliphatic heterocycles. The van der Waals surface area contributed by atoms with Gasteiger partial charge in [-0.2, -0.15) is 0 Å². The highest BCUT2D eigenvalue weighted by molar-refractivity contribution is 5.84. The highest BCUT2D eigenvalue weighted by atomic mass is 16.5. The maximum absolute atomic E-state index is 12.5. The van der Waals surface area contributed by atoms with E-state index in [1.807, 2.05) is 6.92 Å². The third-order valence-corrected chi connectivity index (χ3v) is 5.26. The zero-order chi connectivity index (χ0) is 17.0. The van der Waals surface area contributed by atoms with Gasteiger partial charge in [-0.3, -0.25) is 9.59 Å². The summed E-state index contributed by atoms with van der Waals surface area (Å²) in [7, 11) is 0. The van der Waals surface area contributed by atoms with Crippen LogP contribution in [0.2, 0.25) is 0 Å². The lowest BCUT2D eigenvalue weighted by Gasteiger charge is -2.40. The lowest BCUT2D eigenvalue weighted by atomic mass is 9.64. The number of hydrogen-bond acceptors (Lipinski definition) is 5. The van der Waals surface area contributed by atoms with Gasteiger partial charge in [0.05, 0.1) is 30.0 Å². The molecule has 3 N–H and O–H groups in total. The summed E-state index contributed by atoms with van der Waals surface area (Å²) >= 11 is 0. The number of aliphatic carboxylic acids is 1. The Morgan fingerprint density at radius 1 is 1.32 bits per heavy atom. The monoisotopic (exact) mass is 316 g/mol. The number of aliphatic hydroxyl groups is 2. The Hall–Kier alpha value is -1.14. The SMILES string of the molecule is CCC(CO)(CO)COC(=O)C1(C)CCC(C)CC1C(=O)O. The summed E-state index contributed by atoms with van der Waals surface area (Å²) in [5.74, 6) is -2.02. The minimum atomic E-state index is -1.05. The molecule has 1 fully saturated rings. The predicted molar refractivity (Wildman–Crippen MR) is 80.1 cm³/mol. The largest absolute Gasteiger partial charge is 0.481 e. The number of carboxylic acid groups (broad SMARTS) is 1. The van der Waals surface area contributed by atoms with Gasteiger partial charge in [-0.1, -0.05) is 13.8 Å². The van der Waals surface area contributed by atoms with E-state index in [0.717, 1.165) is 6.42 Å². The van der Waals surface area contributed by atoms with Gasteiger partial charge in [-0.05, 0) is 38.5 Å². The van der Waals surface area contributed by atoms with Crippen LogP contribution in [0.15, 0.2) is 0 Å². The molecule has 6 heteroatoms. The van der Waals surface area contributed by atoms with Gasteiger partial charge < -0.3 is 20.1 Å². The summed E-state index contributed by atoms with van der Waals surface area (Å²) in [6.07, 6.45) is 2.18. The summed E-state index contributed by atoms with van der Waals surface area (Å²) in [6.45, 7) is 4.75. The number of esters is 1. The maximum atomic E-state index is 12.5. The third-order valence-electron chi connectivity index (χ3n) is 5.26. The summed E-state index contributed by atoms with van der Waals surface area (Å²) in [5.41, 5.74) is -1.92. The van der Waals surface area contributed by atoms with Crippen molar-refractivity contribution >= 4 is 11.9 Å². The number of aliphatic hydroxyl groups excluding tert-OH is 2. The van der Waals surface area contributed by atoms with E-state index < -0.39 is 28.7 Å². The fraction of sp³-hybridized carbons (Fsp3) is 0.875. The van der Waals surface area contributed by atoms with Crippen molar-refractivity contribution in [3.63, 3.8) is 0 Å². The zero-order valence-corrected chi connectivity index (χ0v) is 13.7. The van der Waals surface area contributed by atoms with Crippen molar-refractivity contribution in [2.45, 2.75) is 46.5 Å². The molecule has 0 saturated heterocycles. The Balaban J connectivity index is 2.83. The molecule has 0 spiro atoms. The zero-order valence-electron chi connectivity index (χ0n) is 13.7. The van der Waals surface area contributed by atoms with Crippen LogP contribution in [0.4, 0.5) is 0 Å². The molecule has 1 aliphatic rings. The first-order chi connectivity index (χ1) is 10.2. The first-order valence-corrected chi connectivity index (χ1v) is 7.86. The first-order valence-electron chi connectivity index (χ1n) is 7.86. The van der Waals surface area contributed by atoms with Crippen molar-refractivity contribution in [3.8, 4) is 0 Å². The first kappa shape index (κ1) is 18.9. The molecule has 0 amide bonds. The lowest BCUT2D eigenvalue weighted by Crippen LogP contribution is -2.46. The van der Waals surface area contributed by atoms with E-state index in [9.17, 15) is 24.9 Å². The van der Waals surface area contributed by atoms with Crippen molar-refractivity contribution in [1.29, 1.82) is 0 Å². The summed E-state index contributed by atoms with van der Waals surface area (Å²) in [5, 5.41) is 28.2. The van der Waals surface area contributed by atoms with Crippen LogP contribution >= 0.6 is 0 Å². The lowest BCUT2D eigenvalue weighted by molar-refractivity contribution is -0.174. The van der Waals surface area contributed by atoms with Gasteiger partial charge in [0.1, 0.15) is 6.61 Å². The topological polar surface area (TPSA) is 104 Å². The molecule has 0 aromatic rings. The number of rotatable bonds is 7. The second-order valence-corrected chi connectivity index (χ2v) is 6.93. The van der Waals surface area contributed by atoms with Gasteiger partial charge in [0.25, 0.3) is 0 Å². The smallest absolute Gasteiger partial charge is 0.312 e. The second kappa shape index (κ2) is 7.42. The van der Waals surface area contributed by atoms with Gasteiger partial charge in [-0.25, -0.2) is 0 Å².